The molecule has 0 atom stereocenters. The minimum atomic E-state index is 0.425. The van der Waals surface area contributed by atoms with Gasteiger partial charge >= 0.3 is 0 Å². The molecule has 0 amide bonds. The molecule has 0 bridgehead atoms. The lowest BCUT2D eigenvalue weighted by atomic mass is 10.1. The van der Waals surface area contributed by atoms with Gasteiger partial charge in [0.25, 0.3) is 0 Å². The lowest BCUT2D eigenvalue weighted by Gasteiger charge is -2.17. The summed E-state index contributed by atoms with van der Waals surface area (Å²) in [7, 11) is 0. The molecule has 3 rings (SSSR count). The minimum absolute atomic E-state index is 0.425. The molecule has 2 aromatic rings. The maximum Gasteiger partial charge on any atom is 0.170 e. The molecule has 0 radical (unpaired) electrons. The van der Waals surface area contributed by atoms with E-state index in [0.717, 1.165) is 62.6 Å². The molecule has 1 heterocycles. The highest BCUT2D eigenvalue weighted by molar-refractivity contribution is 7.80. The molecular weight excluding hydrogens is 332 g/mol. The van der Waals surface area contributed by atoms with Gasteiger partial charge in [-0.3, -0.25) is 0 Å². The molecular formula is C20H24N2O2S. The van der Waals surface area contributed by atoms with Gasteiger partial charge < -0.3 is 20.1 Å². The Morgan fingerprint density at radius 3 is 2.48 bits per heavy atom. The molecule has 0 saturated heterocycles. The molecule has 1 aliphatic heterocycles. The fraction of sp³-hybridized carbons (Fsp3) is 0.350. The normalized spacial score (nSPS) is 12.7. The van der Waals surface area contributed by atoms with Crippen LogP contribution in [0, 0.1) is 0 Å². The quantitative estimate of drug-likeness (QED) is 0.574. The van der Waals surface area contributed by atoms with Crippen LogP contribution < -0.4 is 20.1 Å². The molecule has 0 spiro atoms. The second-order valence-corrected chi connectivity index (χ2v) is 6.48. The van der Waals surface area contributed by atoms with Gasteiger partial charge in [-0.1, -0.05) is 24.3 Å². The largest absolute Gasteiger partial charge is 0.494 e. The third-order valence-corrected chi connectivity index (χ3v) is 4.53. The van der Waals surface area contributed by atoms with Crippen molar-refractivity contribution in [2.24, 2.45) is 5.73 Å². The zero-order chi connectivity index (χ0) is 17.5. The maximum atomic E-state index is 5.99. The Bertz CT molecular complexity index is 706. The number of thiocarbonyl (C=S) groups is 1. The van der Waals surface area contributed by atoms with Crippen molar-refractivity contribution in [3.8, 4) is 11.5 Å². The summed E-state index contributed by atoms with van der Waals surface area (Å²) in [6, 6.07) is 16.0. The molecule has 25 heavy (non-hydrogen) atoms. The predicted molar refractivity (Wildman–Crippen MR) is 106 cm³/mol. The first kappa shape index (κ1) is 17.5. The summed E-state index contributed by atoms with van der Waals surface area (Å²) in [4.78, 5) is 1.97. The number of benzene rings is 2. The van der Waals surface area contributed by atoms with E-state index in [9.17, 15) is 0 Å². The van der Waals surface area contributed by atoms with Crippen molar-refractivity contribution in [1.29, 1.82) is 0 Å². The summed E-state index contributed by atoms with van der Waals surface area (Å²) in [6.07, 6.45) is 4.05. The Morgan fingerprint density at radius 1 is 0.960 bits per heavy atom. The van der Waals surface area contributed by atoms with Crippen LogP contribution in [0.5, 0.6) is 11.5 Å². The van der Waals surface area contributed by atoms with Crippen molar-refractivity contribution in [3.05, 3.63) is 54.1 Å². The number of rotatable bonds is 8. The van der Waals surface area contributed by atoms with Crippen LogP contribution in [0.15, 0.2) is 48.5 Å². The van der Waals surface area contributed by atoms with Crippen LogP contribution in [-0.2, 0) is 6.42 Å². The van der Waals surface area contributed by atoms with E-state index in [2.05, 4.69) is 6.07 Å². The highest BCUT2D eigenvalue weighted by Gasteiger charge is 2.23. The van der Waals surface area contributed by atoms with E-state index < -0.39 is 0 Å². The SMILES string of the molecule is NC(=S)N1CCc2c(OCCCCCOc3ccccc3)cccc21. The number of ether oxygens (including phenoxy) is 2. The Kier molecular flexibility index (Phi) is 6.12. The first-order valence-corrected chi connectivity index (χ1v) is 9.16. The van der Waals surface area contributed by atoms with Crippen molar-refractivity contribution in [3.63, 3.8) is 0 Å². The Balaban J connectivity index is 1.38. The van der Waals surface area contributed by atoms with Crippen LogP contribution in [0.2, 0.25) is 0 Å². The van der Waals surface area contributed by atoms with E-state index in [1.54, 1.807) is 0 Å². The van der Waals surface area contributed by atoms with Crippen LogP contribution in [0.25, 0.3) is 0 Å². The van der Waals surface area contributed by atoms with Crippen molar-refractivity contribution in [2.75, 3.05) is 24.7 Å². The zero-order valence-corrected chi connectivity index (χ0v) is 15.1. The van der Waals surface area contributed by atoms with Crippen molar-refractivity contribution in [2.45, 2.75) is 25.7 Å². The summed E-state index contributed by atoms with van der Waals surface area (Å²) in [6.45, 7) is 2.30. The number of hydrogen-bond acceptors (Lipinski definition) is 3. The topological polar surface area (TPSA) is 47.7 Å². The summed E-state index contributed by atoms with van der Waals surface area (Å²) in [5, 5.41) is 0.425. The van der Waals surface area contributed by atoms with Crippen LogP contribution in [-0.4, -0.2) is 24.9 Å². The number of fused-ring (bicyclic) bond motifs is 1. The van der Waals surface area contributed by atoms with Crippen molar-refractivity contribution in [1.82, 2.24) is 0 Å². The molecule has 5 heteroatoms. The summed E-state index contributed by atoms with van der Waals surface area (Å²) >= 11 is 5.11. The van der Waals surface area contributed by atoms with E-state index in [-0.39, 0.29) is 0 Å². The number of nitrogens with zero attached hydrogens (tertiary/aromatic N) is 1. The van der Waals surface area contributed by atoms with E-state index in [4.69, 9.17) is 27.4 Å². The average Bonchev–Trinajstić information content (AvgIpc) is 3.07. The van der Waals surface area contributed by atoms with E-state index >= 15 is 0 Å². The maximum absolute atomic E-state index is 5.99. The highest BCUT2D eigenvalue weighted by atomic mass is 32.1. The first-order valence-electron chi connectivity index (χ1n) is 8.75. The minimum Gasteiger partial charge on any atom is -0.494 e. The van der Waals surface area contributed by atoms with Gasteiger partial charge in [-0.25, -0.2) is 0 Å². The fourth-order valence-corrected chi connectivity index (χ4v) is 3.23. The van der Waals surface area contributed by atoms with Crippen LogP contribution in [0.4, 0.5) is 5.69 Å². The van der Waals surface area contributed by atoms with Gasteiger partial charge in [-0.05, 0) is 62.2 Å². The van der Waals surface area contributed by atoms with Crippen molar-refractivity contribution < 1.29 is 9.47 Å². The first-order chi connectivity index (χ1) is 12.3. The second kappa shape index (κ2) is 8.72. The predicted octanol–water partition coefficient (Wildman–Crippen LogP) is 3.92. The third kappa shape index (κ3) is 4.63. The molecule has 0 fully saturated rings. The highest BCUT2D eigenvalue weighted by Crippen LogP contribution is 2.35. The van der Waals surface area contributed by atoms with Gasteiger partial charge in [0.1, 0.15) is 11.5 Å². The Hall–Kier alpha value is -2.27. The molecule has 132 valence electrons. The number of para-hydroxylation sites is 1. The lowest BCUT2D eigenvalue weighted by molar-refractivity contribution is 0.278. The van der Waals surface area contributed by atoms with Gasteiger partial charge in [0, 0.05) is 12.1 Å². The van der Waals surface area contributed by atoms with E-state index in [0.29, 0.717) is 5.11 Å². The van der Waals surface area contributed by atoms with E-state index in [1.807, 2.05) is 47.4 Å². The van der Waals surface area contributed by atoms with Crippen LogP contribution >= 0.6 is 12.2 Å². The van der Waals surface area contributed by atoms with Gasteiger partial charge in [0.15, 0.2) is 5.11 Å². The summed E-state index contributed by atoms with van der Waals surface area (Å²) in [5.41, 5.74) is 8.07. The van der Waals surface area contributed by atoms with Gasteiger partial charge in [0.05, 0.1) is 18.9 Å². The Labute approximate surface area is 154 Å². The van der Waals surface area contributed by atoms with Crippen molar-refractivity contribution >= 4 is 23.0 Å². The summed E-state index contributed by atoms with van der Waals surface area (Å²) < 4.78 is 11.7. The molecule has 0 aliphatic carbocycles. The third-order valence-electron chi connectivity index (χ3n) is 4.31. The smallest absolute Gasteiger partial charge is 0.170 e. The summed E-state index contributed by atoms with van der Waals surface area (Å²) in [5.74, 6) is 1.89. The molecule has 1 aliphatic rings. The molecule has 0 saturated carbocycles. The molecule has 0 aromatic heterocycles. The van der Waals surface area contributed by atoms with Gasteiger partial charge in [-0.2, -0.15) is 0 Å². The monoisotopic (exact) mass is 356 g/mol. The van der Waals surface area contributed by atoms with Crippen LogP contribution in [0.1, 0.15) is 24.8 Å². The Morgan fingerprint density at radius 2 is 1.72 bits per heavy atom. The molecule has 0 unspecified atom stereocenters. The van der Waals surface area contributed by atoms with Gasteiger partial charge in [0.2, 0.25) is 0 Å². The number of anilines is 1. The number of hydrogen-bond donors (Lipinski definition) is 1. The standard InChI is InChI=1S/C20H24N2O2S/c21-20(25)22-13-12-17-18(22)10-7-11-19(17)24-15-6-2-5-14-23-16-8-3-1-4-9-16/h1,3-4,7-11H,2,5-6,12-15H2,(H2,21,25). The molecule has 4 nitrogen and oxygen atoms in total. The second-order valence-electron chi connectivity index (χ2n) is 6.06. The lowest BCUT2D eigenvalue weighted by Crippen LogP contribution is -2.33. The average molecular weight is 356 g/mol. The number of unbranched alkanes of at least 4 members (excludes halogenated alkanes) is 2. The van der Waals surface area contributed by atoms with Gasteiger partial charge in [-0.15, -0.1) is 0 Å². The number of nitrogens with two attached hydrogens (primary N) is 1. The fourth-order valence-electron chi connectivity index (χ4n) is 3.04. The molecule has 2 aromatic carbocycles. The molecule has 2 N–H and O–H groups in total. The van der Waals surface area contributed by atoms with E-state index in [1.165, 1.54) is 5.56 Å². The van der Waals surface area contributed by atoms with Crippen LogP contribution in [0.3, 0.4) is 0 Å². The zero-order valence-electron chi connectivity index (χ0n) is 14.3.